The van der Waals surface area contributed by atoms with Gasteiger partial charge in [0.05, 0.1) is 0 Å². The van der Waals surface area contributed by atoms with Crippen molar-refractivity contribution in [3.63, 3.8) is 0 Å². The van der Waals surface area contributed by atoms with Gasteiger partial charge in [-0.1, -0.05) is 24.3 Å². The Morgan fingerprint density at radius 1 is 0.688 bits per heavy atom. The van der Waals surface area contributed by atoms with E-state index in [4.69, 9.17) is 0 Å². The highest BCUT2D eigenvalue weighted by molar-refractivity contribution is 5.61. The third kappa shape index (κ3) is 1.41. The van der Waals surface area contributed by atoms with Crippen LogP contribution in [0.25, 0.3) is 22.8 Å². The maximum Gasteiger partial charge on any atom is 0.0397 e. The van der Waals surface area contributed by atoms with Crippen LogP contribution in [0.1, 0.15) is 0 Å². The van der Waals surface area contributed by atoms with Crippen molar-refractivity contribution in [2.45, 2.75) is 0 Å². The molecule has 0 spiro atoms. The smallest absolute Gasteiger partial charge is 0.0397 e. The van der Waals surface area contributed by atoms with Crippen molar-refractivity contribution in [3.8, 4) is 22.8 Å². The van der Waals surface area contributed by atoms with Crippen molar-refractivity contribution < 1.29 is 0 Å². The van der Waals surface area contributed by atoms with E-state index in [0.717, 1.165) is 11.1 Å². The summed E-state index contributed by atoms with van der Waals surface area (Å²) in [7, 11) is 0. The second-order valence-corrected chi connectivity index (χ2v) is 2.98. The van der Waals surface area contributed by atoms with Crippen LogP contribution in [0, 0.1) is 0 Å². The summed E-state index contributed by atoms with van der Waals surface area (Å²) in [4.78, 5) is 0. The molecule has 2 aromatic heterocycles. The average molecular weight is 212 g/mol. The third-order valence-electron chi connectivity index (χ3n) is 2.04. The fourth-order valence-corrected chi connectivity index (χ4v) is 1.29. The van der Waals surface area contributed by atoms with E-state index < -0.39 is 0 Å². The lowest BCUT2D eigenvalue weighted by Crippen LogP contribution is -1.86. The first-order valence-electron chi connectivity index (χ1n) is 4.42. The molecule has 3 aromatic rings. The zero-order valence-corrected chi connectivity index (χ0v) is 7.89. The van der Waals surface area contributed by atoms with E-state index >= 15 is 0 Å². The van der Waals surface area contributed by atoms with Gasteiger partial charge in [-0.2, -0.15) is 10.4 Å². The normalized spacial score (nSPS) is 10.5. The first-order valence-corrected chi connectivity index (χ1v) is 4.42. The molecule has 1 aromatic carbocycles. The lowest BCUT2D eigenvalue weighted by molar-refractivity contribution is 0.871. The van der Waals surface area contributed by atoms with Crippen LogP contribution in [-0.2, 0) is 0 Å². The molecule has 2 heterocycles. The molecule has 0 N–H and O–H groups in total. The molecule has 0 aliphatic heterocycles. The van der Waals surface area contributed by atoms with Crippen LogP contribution < -0.4 is 10.2 Å². The Balaban J connectivity index is 1.97. The Labute approximate surface area is 89.1 Å². The molecular weight excluding hydrogens is 208 g/mol. The van der Waals surface area contributed by atoms with Crippen LogP contribution in [0.15, 0.2) is 24.3 Å². The van der Waals surface area contributed by atoms with Gasteiger partial charge in [-0.15, -0.1) is 0 Å². The van der Waals surface area contributed by atoms with Gasteiger partial charge >= 0.3 is 0 Å². The van der Waals surface area contributed by atoms with Crippen molar-refractivity contribution in [3.05, 3.63) is 24.3 Å². The van der Waals surface area contributed by atoms with Gasteiger partial charge in [0.25, 0.3) is 0 Å². The van der Waals surface area contributed by atoms with Gasteiger partial charge in [-0.25, -0.2) is 0 Å². The number of aromatic nitrogens is 8. The number of nitrogens with zero attached hydrogens (tertiary/aromatic N) is 8. The molecule has 0 radical (unpaired) electrons. The van der Waals surface area contributed by atoms with E-state index in [1.165, 1.54) is 0 Å². The SMILES string of the molecule is c1cc(-c2nnn[n-]2)ccc1-c1nnn[n-]1. The molecule has 8 nitrogen and oxygen atoms in total. The maximum atomic E-state index is 3.75. The van der Waals surface area contributed by atoms with E-state index in [1.54, 1.807) is 0 Å². The molecule has 0 saturated heterocycles. The molecule has 0 atom stereocenters. The van der Waals surface area contributed by atoms with Crippen LogP contribution in [0.4, 0.5) is 0 Å². The first-order chi connectivity index (χ1) is 7.93. The van der Waals surface area contributed by atoms with Crippen LogP contribution >= 0.6 is 0 Å². The van der Waals surface area contributed by atoms with Crippen LogP contribution in [0.3, 0.4) is 0 Å². The lowest BCUT2D eigenvalue weighted by atomic mass is 10.1. The molecule has 16 heavy (non-hydrogen) atoms. The summed E-state index contributed by atoms with van der Waals surface area (Å²) in [6.45, 7) is 0. The summed E-state index contributed by atoms with van der Waals surface area (Å²) >= 11 is 0. The third-order valence-corrected chi connectivity index (χ3v) is 2.04. The zero-order valence-electron chi connectivity index (χ0n) is 7.89. The van der Waals surface area contributed by atoms with E-state index in [-0.39, 0.29) is 0 Å². The quantitative estimate of drug-likeness (QED) is 0.549. The Bertz CT molecular complexity index is 499. The number of tetrazole rings is 2. The second kappa shape index (κ2) is 3.50. The maximum absolute atomic E-state index is 3.75. The zero-order chi connectivity index (χ0) is 10.8. The van der Waals surface area contributed by atoms with Crippen LogP contribution in [0.2, 0.25) is 0 Å². The molecule has 8 heteroatoms. The van der Waals surface area contributed by atoms with E-state index in [0.29, 0.717) is 11.6 Å². The topological polar surface area (TPSA) is 106 Å². The fraction of sp³-hybridized carbons (Fsp3) is 0. The molecule has 0 saturated carbocycles. The highest BCUT2D eigenvalue weighted by Gasteiger charge is 1.97. The summed E-state index contributed by atoms with van der Waals surface area (Å²) in [5, 5.41) is 28.7. The molecule has 0 fully saturated rings. The molecule has 0 unspecified atom stereocenters. The largest absolute Gasteiger partial charge is 0.330 e. The number of benzene rings is 1. The summed E-state index contributed by atoms with van der Waals surface area (Å²) in [5.41, 5.74) is 1.67. The molecule has 3 rings (SSSR count). The molecule has 78 valence electrons. The summed E-state index contributed by atoms with van der Waals surface area (Å²) in [5.74, 6) is 0.984. The van der Waals surface area contributed by atoms with Gasteiger partial charge in [0.2, 0.25) is 0 Å². The minimum Gasteiger partial charge on any atom is -0.330 e. The number of hydrogen-bond acceptors (Lipinski definition) is 6. The van der Waals surface area contributed by atoms with E-state index in [2.05, 4.69) is 41.2 Å². The summed E-state index contributed by atoms with van der Waals surface area (Å²) < 4.78 is 0. The summed E-state index contributed by atoms with van der Waals surface area (Å²) in [6.07, 6.45) is 0. The minimum atomic E-state index is 0.492. The van der Waals surface area contributed by atoms with Crippen LogP contribution in [0.5, 0.6) is 0 Å². The lowest BCUT2D eigenvalue weighted by Gasteiger charge is -2.03. The van der Waals surface area contributed by atoms with Gasteiger partial charge in [-0.3, -0.25) is 20.6 Å². The average Bonchev–Trinajstić information content (AvgIpc) is 3.03. The van der Waals surface area contributed by atoms with Gasteiger partial charge in [0, 0.05) is 11.6 Å². The van der Waals surface area contributed by atoms with Crippen molar-refractivity contribution in [1.82, 2.24) is 41.2 Å². The highest BCUT2D eigenvalue weighted by atomic mass is 15.5. The van der Waals surface area contributed by atoms with Crippen molar-refractivity contribution in [2.24, 2.45) is 0 Å². The minimum absolute atomic E-state index is 0.492. The van der Waals surface area contributed by atoms with Crippen molar-refractivity contribution in [1.29, 1.82) is 0 Å². The van der Waals surface area contributed by atoms with Crippen LogP contribution in [-0.4, -0.2) is 31.1 Å². The van der Waals surface area contributed by atoms with Crippen molar-refractivity contribution >= 4 is 0 Å². The summed E-state index contributed by atoms with van der Waals surface area (Å²) in [6, 6.07) is 7.35. The first kappa shape index (κ1) is 8.65. The molecule has 0 aliphatic carbocycles. The predicted octanol–water partition coefficient (Wildman–Crippen LogP) is -0.695. The fourth-order valence-electron chi connectivity index (χ4n) is 1.29. The predicted molar refractivity (Wildman–Crippen MR) is 50.7 cm³/mol. The number of rotatable bonds is 2. The Hall–Kier alpha value is -2.64. The standard InChI is InChI=1S/C8H4N8/c1-2-6(8-11-15-16-12-8)4-3-5(1)7-9-13-14-10-7/h1-4H/q-2. The number of hydrogen-bond donors (Lipinski definition) is 0. The Kier molecular flexibility index (Phi) is 1.89. The van der Waals surface area contributed by atoms with Gasteiger partial charge < -0.3 is 10.2 Å². The molecule has 0 aliphatic rings. The van der Waals surface area contributed by atoms with Gasteiger partial charge in [0.15, 0.2) is 0 Å². The van der Waals surface area contributed by atoms with E-state index in [1.807, 2.05) is 24.3 Å². The van der Waals surface area contributed by atoms with Crippen molar-refractivity contribution in [2.75, 3.05) is 0 Å². The Morgan fingerprint density at radius 3 is 1.44 bits per heavy atom. The molecular formula is C8H4N8-2. The van der Waals surface area contributed by atoms with Gasteiger partial charge in [-0.05, 0) is 11.1 Å². The molecule has 0 bridgehead atoms. The van der Waals surface area contributed by atoms with E-state index in [9.17, 15) is 0 Å². The highest BCUT2D eigenvalue weighted by Crippen LogP contribution is 2.18. The monoisotopic (exact) mass is 212 g/mol. The van der Waals surface area contributed by atoms with Gasteiger partial charge in [0.1, 0.15) is 0 Å². The molecule has 0 amide bonds. The Morgan fingerprint density at radius 2 is 1.12 bits per heavy atom. The second-order valence-electron chi connectivity index (χ2n) is 2.98.